The third-order valence-electron chi connectivity index (χ3n) is 7.73. The monoisotopic (exact) mass is 532 g/mol. The summed E-state index contributed by atoms with van der Waals surface area (Å²) in [4.78, 5) is 25.3. The number of anilines is 1. The topological polar surface area (TPSA) is 105 Å². The van der Waals surface area contributed by atoms with Gasteiger partial charge in [0.15, 0.2) is 11.6 Å². The molecule has 2 N–H and O–H groups in total. The lowest BCUT2D eigenvalue weighted by Crippen LogP contribution is -2.45. The van der Waals surface area contributed by atoms with Crippen LogP contribution in [0.4, 0.5) is 5.82 Å². The van der Waals surface area contributed by atoms with E-state index in [1.807, 2.05) is 24.4 Å². The lowest BCUT2D eigenvalue weighted by Gasteiger charge is -2.42. The van der Waals surface area contributed by atoms with Crippen molar-refractivity contribution in [3.63, 3.8) is 0 Å². The Morgan fingerprint density at radius 2 is 2.11 bits per heavy atom. The van der Waals surface area contributed by atoms with E-state index in [1.54, 1.807) is 11.3 Å². The van der Waals surface area contributed by atoms with Gasteiger partial charge >= 0.3 is 0 Å². The summed E-state index contributed by atoms with van der Waals surface area (Å²) in [5.41, 5.74) is 2.29. The number of nitrogens with one attached hydrogen (secondary N) is 2. The van der Waals surface area contributed by atoms with Gasteiger partial charge in [-0.05, 0) is 38.0 Å². The van der Waals surface area contributed by atoms with Gasteiger partial charge in [0.05, 0.1) is 47.4 Å². The maximum absolute atomic E-state index is 11.7. The molecule has 2 atom stereocenters. The lowest BCUT2D eigenvalue weighted by atomic mass is 9.79. The SMILES string of the molecule is C=CC(=O)NCC1(C)CCC(C)(c2cc3nc(-c4cccc5[nH]ncc45)nc(N4CCOCC4)c3s2)OC1. The number of nitrogens with zero attached hydrogens (tertiary/aromatic N) is 4. The van der Waals surface area contributed by atoms with Gasteiger partial charge in [-0.25, -0.2) is 9.97 Å². The summed E-state index contributed by atoms with van der Waals surface area (Å²) in [5, 5.41) is 11.2. The predicted octanol–water partition coefficient (Wildman–Crippen LogP) is 4.41. The smallest absolute Gasteiger partial charge is 0.243 e. The molecule has 198 valence electrons. The first-order chi connectivity index (χ1) is 18.4. The molecule has 2 aliphatic heterocycles. The molecule has 5 heterocycles. The minimum atomic E-state index is -0.430. The summed E-state index contributed by atoms with van der Waals surface area (Å²) in [6, 6.07) is 8.23. The Morgan fingerprint density at radius 3 is 2.87 bits per heavy atom. The number of fused-ring (bicyclic) bond motifs is 2. The van der Waals surface area contributed by atoms with Crippen LogP contribution in [-0.4, -0.2) is 65.5 Å². The van der Waals surface area contributed by atoms with Crippen molar-refractivity contribution >= 4 is 44.2 Å². The number of morpholine rings is 1. The Labute approximate surface area is 225 Å². The van der Waals surface area contributed by atoms with Crippen molar-refractivity contribution in [2.24, 2.45) is 5.41 Å². The molecule has 10 heteroatoms. The zero-order valence-electron chi connectivity index (χ0n) is 21.7. The van der Waals surface area contributed by atoms with Gasteiger partial charge in [0.2, 0.25) is 5.91 Å². The molecule has 0 spiro atoms. The van der Waals surface area contributed by atoms with Crippen molar-refractivity contribution in [3.05, 3.63) is 48.0 Å². The van der Waals surface area contributed by atoms with E-state index in [0.29, 0.717) is 32.2 Å². The minimum absolute atomic E-state index is 0.121. The highest BCUT2D eigenvalue weighted by Crippen LogP contribution is 2.46. The first-order valence-corrected chi connectivity index (χ1v) is 13.8. The molecule has 2 fully saturated rings. The zero-order valence-corrected chi connectivity index (χ0v) is 22.6. The van der Waals surface area contributed by atoms with Gasteiger partial charge in [0, 0.05) is 40.9 Å². The average molecular weight is 533 g/mol. The molecule has 1 amide bonds. The van der Waals surface area contributed by atoms with Gasteiger partial charge in [-0.1, -0.05) is 25.6 Å². The van der Waals surface area contributed by atoms with Crippen LogP contribution in [-0.2, 0) is 19.9 Å². The summed E-state index contributed by atoms with van der Waals surface area (Å²) in [6.07, 6.45) is 4.92. The van der Waals surface area contributed by atoms with Gasteiger partial charge < -0.3 is 19.7 Å². The van der Waals surface area contributed by atoms with E-state index in [4.69, 9.17) is 19.4 Å². The van der Waals surface area contributed by atoms with Crippen LogP contribution in [0.5, 0.6) is 0 Å². The van der Waals surface area contributed by atoms with E-state index in [2.05, 4.69) is 46.9 Å². The largest absolute Gasteiger partial charge is 0.378 e. The molecule has 9 nitrogen and oxygen atoms in total. The Morgan fingerprint density at radius 1 is 1.26 bits per heavy atom. The molecule has 0 saturated carbocycles. The highest BCUT2D eigenvalue weighted by Gasteiger charge is 2.41. The van der Waals surface area contributed by atoms with Crippen molar-refractivity contribution in [3.8, 4) is 11.4 Å². The van der Waals surface area contributed by atoms with Crippen molar-refractivity contribution in [1.29, 1.82) is 0 Å². The number of benzene rings is 1. The van der Waals surface area contributed by atoms with Crippen molar-refractivity contribution in [2.45, 2.75) is 32.3 Å². The molecule has 4 aromatic rings. The van der Waals surface area contributed by atoms with E-state index >= 15 is 0 Å². The minimum Gasteiger partial charge on any atom is -0.378 e. The van der Waals surface area contributed by atoms with Crippen LogP contribution in [0.25, 0.3) is 32.5 Å². The fraction of sp³-hybridized carbons (Fsp3) is 0.429. The molecule has 0 aliphatic carbocycles. The number of aromatic amines is 1. The summed E-state index contributed by atoms with van der Waals surface area (Å²) in [5.74, 6) is 1.48. The fourth-order valence-corrected chi connectivity index (χ4v) is 6.42. The average Bonchev–Trinajstić information content (AvgIpc) is 3.61. The molecular weight excluding hydrogens is 500 g/mol. The molecular formula is C28H32N6O3S. The van der Waals surface area contributed by atoms with Crippen LogP contribution in [0.3, 0.4) is 0 Å². The predicted molar refractivity (Wildman–Crippen MR) is 149 cm³/mol. The van der Waals surface area contributed by atoms with Crippen LogP contribution < -0.4 is 10.2 Å². The van der Waals surface area contributed by atoms with Crippen LogP contribution in [0, 0.1) is 5.41 Å². The molecule has 2 saturated heterocycles. The normalized spacial score (nSPS) is 24.1. The maximum Gasteiger partial charge on any atom is 0.243 e. The van der Waals surface area contributed by atoms with Crippen molar-refractivity contribution in [2.75, 3.05) is 44.4 Å². The molecule has 3 aromatic heterocycles. The van der Waals surface area contributed by atoms with Gasteiger partial charge in [-0.2, -0.15) is 5.10 Å². The molecule has 0 bridgehead atoms. The molecule has 6 rings (SSSR count). The highest BCUT2D eigenvalue weighted by atomic mass is 32.1. The van der Waals surface area contributed by atoms with E-state index in [1.165, 1.54) is 6.08 Å². The lowest BCUT2D eigenvalue weighted by molar-refractivity contribution is -0.127. The number of aromatic nitrogens is 4. The van der Waals surface area contributed by atoms with Crippen molar-refractivity contribution < 1.29 is 14.3 Å². The molecule has 0 radical (unpaired) electrons. The quantitative estimate of drug-likeness (QED) is 0.355. The Balaban J connectivity index is 1.37. The van der Waals surface area contributed by atoms with Crippen LogP contribution in [0.1, 0.15) is 31.6 Å². The Kier molecular flexibility index (Phi) is 6.41. The number of H-pyrrole nitrogens is 1. The Hall–Kier alpha value is -3.34. The van der Waals surface area contributed by atoms with Gasteiger partial charge in [-0.15, -0.1) is 11.3 Å². The summed E-state index contributed by atoms with van der Waals surface area (Å²) in [6.45, 7) is 11.9. The number of amides is 1. The summed E-state index contributed by atoms with van der Waals surface area (Å²) >= 11 is 1.72. The third kappa shape index (κ3) is 4.57. The first kappa shape index (κ1) is 25.0. The van der Waals surface area contributed by atoms with Gasteiger partial charge in [-0.3, -0.25) is 9.89 Å². The molecule has 2 unspecified atom stereocenters. The Bertz CT molecular complexity index is 1500. The number of ether oxygens (including phenoxy) is 2. The van der Waals surface area contributed by atoms with Crippen LogP contribution in [0.15, 0.2) is 43.1 Å². The van der Waals surface area contributed by atoms with E-state index in [9.17, 15) is 4.79 Å². The highest BCUT2D eigenvalue weighted by molar-refractivity contribution is 7.19. The number of carbonyl (C=O) groups excluding carboxylic acids is 1. The van der Waals surface area contributed by atoms with E-state index in [-0.39, 0.29) is 11.3 Å². The van der Waals surface area contributed by atoms with Gasteiger partial charge in [0.1, 0.15) is 0 Å². The second-order valence-electron chi connectivity index (χ2n) is 10.7. The fourth-order valence-electron chi connectivity index (χ4n) is 5.17. The molecule has 1 aromatic carbocycles. The number of carbonyl (C=O) groups is 1. The number of rotatable bonds is 6. The summed E-state index contributed by atoms with van der Waals surface area (Å²) < 4.78 is 13.2. The summed E-state index contributed by atoms with van der Waals surface area (Å²) in [7, 11) is 0. The zero-order chi connectivity index (χ0) is 26.3. The number of hydrogen-bond acceptors (Lipinski definition) is 8. The second kappa shape index (κ2) is 9.76. The molecule has 2 aliphatic rings. The second-order valence-corrected chi connectivity index (χ2v) is 11.7. The maximum atomic E-state index is 11.7. The third-order valence-corrected chi connectivity index (χ3v) is 9.10. The van der Waals surface area contributed by atoms with Crippen molar-refractivity contribution in [1.82, 2.24) is 25.5 Å². The number of hydrogen-bond donors (Lipinski definition) is 2. The molecule has 38 heavy (non-hydrogen) atoms. The van der Waals surface area contributed by atoms with Crippen LogP contribution in [0.2, 0.25) is 0 Å². The van der Waals surface area contributed by atoms with E-state index < -0.39 is 5.60 Å². The standard InChI is InChI=1S/C28H32N6O3S/c1-4-23(35)29-16-27(2)8-9-28(3,37-17-27)22-14-21-24(38-22)26(34-10-12-36-13-11-34)32-25(31-21)18-6-5-7-20-19(18)15-30-33-20/h4-7,14-15H,1,8-13,16-17H2,2-3H3,(H,29,35)(H,30,33). The van der Waals surface area contributed by atoms with Gasteiger partial charge in [0.25, 0.3) is 0 Å². The number of thiophene rings is 1. The first-order valence-electron chi connectivity index (χ1n) is 13.0. The van der Waals surface area contributed by atoms with Crippen LogP contribution >= 0.6 is 11.3 Å². The van der Waals surface area contributed by atoms with E-state index in [0.717, 1.165) is 63.3 Å².